The minimum atomic E-state index is -0.0124. The molecule has 7 heteroatoms. The molecule has 1 aromatic heterocycles. The zero-order chi connectivity index (χ0) is 18.3. The molecule has 2 aromatic rings. The molecule has 4 rings (SSSR count). The molecule has 3 heterocycles. The van der Waals surface area contributed by atoms with Crippen LogP contribution in [0.3, 0.4) is 0 Å². The Morgan fingerprint density at radius 3 is 2.58 bits per heavy atom. The van der Waals surface area contributed by atoms with Crippen LogP contribution in [-0.4, -0.2) is 71.1 Å². The Balaban J connectivity index is 1.42. The van der Waals surface area contributed by atoms with Gasteiger partial charge in [0, 0.05) is 65.0 Å². The highest BCUT2D eigenvalue weighted by Gasteiger charge is 2.30. The van der Waals surface area contributed by atoms with E-state index in [4.69, 9.17) is 0 Å². The molecule has 0 spiro atoms. The van der Waals surface area contributed by atoms with E-state index in [-0.39, 0.29) is 11.5 Å². The maximum atomic E-state index is 12.1. The summed E-state index contributed by atoms with van der Waals surface area (Å²) in [6.07, 6.45) is 3.23. The van der Waals surface area contributed by atoms with Crippen molar-refractivity contribution in [3.05, 3.63) is 34.9 Å². The molecule has 0 bridgehead atoms. The van der Waals surface area contributed by atoms with E-state index in [1.165, 1.54) is 4.57 Å². The van der Waals surface area contributed by atoms with Gasteiger partial charge in [-0.15, -0.1) is 0 Å². The van der Waals surface area contributed by atoms with Gasteiger partial charge in [-0.1, -0.05) is 0 Å². The number of rotatable bonds is 3. The molecule has 1 aromatic carbocycles. The second-order valence-corrected chi connectivity index (χ2v) is 7.35. The van der Waals surface area contributed by atoms with Crippen molar-refractivity contribution in [2.45, 2.75) is 18.9 Å². The van der Waals surface area contributed by atoms with Crippen molar-refractivity contribution >= 4 is 22.5 Å². The fourth-order valence-electron chi connectivity index (χ4n) is 3.96. The number of anilines is 1. The molecule has 2 saturated heterocycles. The van der Waals surface area contributed by atoms with Gasteiger partial charge in [0.25, 0.3) is 5.56 Å². The first kappa shape index (κ1) is 17.0. The van der Waals surface area contributed by atoms with E-state index in [1.807, 2.05) is 30.1 Å². The predicted octanol–water partition coefficient (Wildman–Crippen LogP) is 0.676. The third-order valence-electron chi connectivity index (χ3n) is 5.74. The first-order valence-corrected chi connectivity index (χ1v) is 9.21. The summed E-state index contributed by atoms with van der Waals surface area (Å²) in [6, 6.07) is 6.27. The standard InChI is InChI=1S/C19H25N5O2/c1-21-13-20-17-11-14(3-5-16(17)19(21)26)24-9-7-23(8-10-24)12-15-4-6-18(25)22(15)2/h3,5,11,13,15H,4,6-10,12H2,1-2H3. The van der Waals surface area contributed by atoms with Crippen LogP contribution in [0.4, 0.5) is 5.69 Å². The van der Waals surface area contributed by atoms with Gasteiger partial charge in [-0.2, -0.15) is 0 Å². The number of benzene rings is 1. The number of nitrogens with zero attached hydrogens (tertiary/aromatic N) is 5. The van der Waals surface area contributed by atoms with Gasteiger partial charge in [-0.3, -0.25) is 14.5 Å². The highest BCUT2D eigenvalue weighted by molar-refractivity contribution is 5.81. The van der Waals surface area contributed by atoms with Crippen LogP contribution in [-0.2, 0) is 11.8 Å². The molecule has 1 amide bonds. The molecule has 0 radical (unpaired) electrons. The van der Waals surface area contributed by atoms with Gasteiger partial charge in [0.15, 0.2) is 0 Å². The van der Waals surface area contributed by atoms with Gasteiger partial charge in [0.1, 0.15) is 0 Å². The van der Waals surface area contributed by atoms with E-state index in [0.29, 0.717) is 17.8 Å². The second kappa shape index (κ2) is 6.72. The minimum Gasteiger partial charge on any atom is -0.369 e. The van der Waals surface area contributed by atoms with Crippen molar-refractivity contribution < 1.29 is 4.79 Å². The number of hydrogen-bond donors (Lipinski definition) is 0. The largest absolute Gasteiger partial charge is 0.369 e. The molecule has 2 aliphatic rings. The Morgan fingerprint density at radius 1 is 1.12 bits per heavy atom. The lowest BCUT2D eigenvalue weighted by Gasteiger charge is -2.38. The molecule has 7 nitrogen and oxygen atoms in total. The Morgan fingerprint density at radius 2 is 1.88 bits per heavy atom. The van der Waals surface area contributed by atoms with E-state index < -0.39 is 0 Å². The summed E-state index contributed by atoms with van der Waals surface area (Å²) >= 11 is 0. The smallest absolute Gasteiger partial charge is 0.260 e. The second-order valence-electron chi connectivity index (χ2n) is 7.35. The quantitative estimate of drug-likeness (QED) is 0.810. The van der Waals surface area contributed by atoms with Crippen LogP contribution in [0.2, 0.25) is 0 Å². The SMILES string of the molecule is CN1C(=O)CCC1CN1CCN(c2ccc3c(=O)n(C)cnc3c2)CC1. The van der Waals surface area contributed by atoms with Crippen LogP contribution in [0, 0.1) is 0 Å². The van der Waals surface area contributed by atoms with Crippen LogP contribution < -0.4 is 10.5 Å². The molecule has 2 aliphatic heterocycles. The monoisotopic (exact) mass is 355 g/mol. The summed E-state index contributed by atoms with van der Waals surface area (Å²) < 4.78 is 1.51. The number of aryl methyl sites for hydroxylation is 1. The number of carbonyl (C=O) groups excluding carboxylic acids is 1. The third-order valence-corrected chi connectivity index (χ3v) is 5.74. The number of aromatic nitrogens is 2. The normalized spacial score (nSPS) is 21.8. The summed E-state index contributed by atoms with van der Waals surface area (Å²) in [6.45, 7) is 4.83. The van der Waals surface area contributed by atoms with Crippen molar-refractivity contribution in [2.75, 3.05) is 44.7 Å². The number of amides is 1. The predicted molar refractivity (Wildman–Crippen MR) is 101 cm³/mol. The fourth-order valence-corrected chi connectivity index (χ4v) is 3.96. The Labute approximate surface area is 152 Å². The van der Waals surface area contributed by atoms with Gasteiger partial charge in [-0.25, -0.2) is 4.98 Å². The van der Waals surface area contributed by atoms with Crippen LogP contribution in [0.1, 0.15) is 12.8 Å². The first-order chi connectivity index (χ1) is 12.5. The first-order valence-electron chi connectivity index (χ1n) is 9.21. The Kier molecular flexibility index (Phi) is 4.40. The zero-order valence-electron chi connectivity index (χ0n) is 15.4. The van der Waals surface area contributed by atoms with E-state index in [9.17, 15) is 9.59 Å². The number of piperazine rings is 1. The molecule has 0 aliphatic carbocycles. The van der Waals surface area contributed by atoms with E-state index >= 15 is 0 Å². The molecule has 0 N–H and O–H groups in total. The van der Waals surface area contributed by atoms with E-state index in [2.05, 4.69) is 14.8 Å². The maximum absolute atomic E-state index is 12.1. The van der Waals surface area contributed by atoms with Crippen LogP contribution in [0.15, 0.2) is 29.3 Å². The van der Waals surface area contributed by atoms with Crippen molar-refractivity contribution in [3.8, 4) is 0 Å². The number of likely N-dealkylation sites (N-methyl/N-ethyl adjacent to an activating group) is 1. The molecule has 1 atom stereocenters. The van der Waals surface area contributed by atoms with Crippen LogP contribution >= 0.6 is 0 Å². The van der Waals surface area contributed by atoms with Crippen molar-refractivity contribution in [2.24, 2.45) is 7.05 Å². The molecule has 1 unspecified atom stereocenters. The molecule has 2 fully saturated rings. The Bertz CT molecular complexity index is 885. The van der Waals surface area contributed by atoms with Gasteiger partial charge >= 0.3 is 0 Å². The average molecular weight is 355 g/mol. The van der Waals surface area contributed by atoms with Crippen LogP contribution in [0.5, 0.6) is 0 Å². The molecule has 138 valence electrons. The van der Waals surface area contributed by atoms with Gasteiger partial charge in [0.05, 0.1) is 17.2 Å². The fraction of sp³-hybridized carbons (Fsp3) is 0.526. The van der Waals surface area contributed by atoms with Gasteiger partial charge < -0.3 is 14.4 Å². The average Bonchev–Trinajstić information content (AvgIpc) is 2.97. The molecular formula is C19H25N5O2. The number of likely N-dealkylation sites (tertiary alicyclic amines) is 1. The summed E-state index contributed by atoms with van der Waals surface area (Å²) in [5, 5.41) is 0.659. The summed E-state index contributed by atoms with van der Waals surface area (Å²) in [4.78, 5) is 34.9. The Hall–Kier alpha value is -2.41. The highest BCUT2D eigenvalue weighted by atomic mass is 16.2. The number of fused-ring (bicyclic) bond motifs is 1. The number of hydrogen-bond acceptors (Lipinski definition) is 5. The summed E-state index contributed by atoms with van der Waals surface area (Å²) in [5.74, 6) is 0.267. The van der Waals surface area contributed by atoms with Crippen LogP contribution in [0.25, 0.3) is 10.9 Å². The lowest BCUT2D eigenvalue weighted by Crippen LogP contribution is -2.50. The zero-order valence-corrected chi connectivity index (χ0v) is 15.4. The lowest BCUT2D eigenvalue weighted by atomic mass is 10.1. The molecular weight excluding hydrogens is 330 g/mol. The van der Waals surface area contributed by atoms with Crippen molar-refractivity contribution in [1.29, 1.82) is 0 Å². The minimum absolute atomic E-state index is 0.0124. The highest BCUT2D eigenvalue weighted by Crippen LogP contribution is 2.22. The summed E-state index contributed by atoms with van der Waals surface area (Å²) in [7, 11) is 3.64. The maximum Gasteiger partial charge on any atom is 0.260 e. The van der Waals surface area contributed by atoms with Crippen molar-refractivity contribution in [1.82, 2.24) is 19.4 Å². The number of carbonyl (C=O) groups is 1. The molecule has 0 saturated carbocycles. The molecule has 26 heavy (non-hydrogen) atoms. The topological polar surface area (TPSA) is 61.7 Å². The van der Waals surface area contributed by atoms with Crippen molar-refractivity contribution in [3.63, 3.8) is 0 Å². The third kappa shape index (κ3) is 3.07. The van der Waals surface area contributed by atoms with E-state index in [1.54, 1.807) is 13.4 Å². The van der Waals surface area contributed by atoms with Gasteiger partial charge in [0.2, 0.25) is 5.91 Å². The van der Waals surface area contributed by atoms with E-state index in [0.717, 1.165) is 50.3 Å². The van der Waals surface area contributed by atoms with Gasteiger partial charge in [-0.05, 0) is 24.6 Å². The summed E-state index contributed by atoms with van der Waals surface area (Å²) in [5.41, 5.74) is 1.85. The lowest BCUT2D eigenvalue weighted by molar-refractivity contribution is -0.127.